The molecule has 0 amide bonds. The average molecular weight is 200 g/mol. The molecule has 3 nitrogen and oxygen atoms in total. The Kier molecular flexibility index (Phi) is 3.96. The van der Waals surface area contributed by atoms with Crippen LogP contribution in [0.4, 0.5) is 5.69 Å². The summed E-state index contributed by atoms with van der Waals surface area (Å²) in [5.41, 5.74) is 1.05. The molecule has 1 aromatic rings. The molecule has 0 unspecified atom stereocenters. The highest BCUT2D eigenvalue weighted by atomic mass is 35.5. The first-order chi connectivity index (χ1) is 6.27. The minimum atomic E-state index is 0.451. The lowest BCUT2D eigenvalue weighted by Crippen LogP contribution is -2.23. The van der Waals surface area contributed by atoms with E-state index in [2.05, 4.69) is 28.9 Å². The van der Waals surface area contributed by atoms with Gasteiger partial charge in [0.25, 0.3) is 0 Å². The molecule has 1 aromatic heterocycles. The van der Waals surface area contributed by atoms with Crippen molar-refractivity contribution in [1.82, 2.24) is 10.2 Å². The summed E-state index contributed by atoms with van der Waals surface area (Å²) in [5, 5.41) is 7.97. The maximum atomic E-state index is 5.75. The zero-order valence-corrected chi connectivity index (χ0v) is 8.75. The fourth-order valence-electron chi connectivity index (χ4n) is 1.24. The van der Waals surface area contributed by atoms with Crippen molar-refractivity contribution in [3.8, 4) is 0 Å². The Balaban J connectivity index is 2.78. The lowest BCUT2D eigenvalue weighted by Gasteiger charge is -2.21. The molecule has 0 saturated carbocycles. The van der Waals surface area contributed by atoms with Crippen molar-refractivity contribution in [2.24, 2.45) is 0 Å². The third-order valence-electron chi connectivity index (χ3n) is 1.85. The Hall–Kier alpha value is -0.830. The summed E-state index contributed by atoms with van der Waals surface area (Å²) in [6, 6.07) is 1.84. The van der Waals surface area contributed by atoms with Crippen LogP contribution in [0.1, 0.15) is 20.3 Å². The highest BCUT2D eigenvalue weighted by Gasteiger charge is 2.03. The van der Waals surface area contributed by atoms with E-state index in [-0.39, 0.29) is 0 Å². The monoisotopic (exact) mass is 199 g/mol. The number of halogens is 1. The van der Waals surface area contributed by atoms with Gasteiger partial charge in [-0.1, -0.05) is 18.5 Å². The maximum Gasteiger partial charge on any atom is 0.153 e. The minimum absolute atomic E-state index is 0.451. The fraction of sp³-hybridized carbons (Fsp3) is 0.556. The van der Waals surface area contributed by atoms with Gasteiger partial charge in [0, 0.05) is 19.2 Å². The third-order valence-corrected chi connectivity index (χ3v) is 2.04. The summed E-state index contributed by atoms with van der Waals surface area (Å²) < 4.78 is 0. The summed E-state index contributed by atoms with van der Waals surface area (Å²) in [4.78, 5) is 2.22. The molecule has 0 atom stereocenters. The van der Waals surface area contributed by atoms with Crippen LogP contribution in [0.5, 0.6) is 0 Å². The summed E-state index contributed by atoms with van der Waals surface area (Å²) in [7, 11) is 0. The van der Waals surface area contributed by atoms with Crippen LogP contribution >= 0.6 is 11.6 Å². The van der Waals surface area contributed by atoms with Crippen LogP contribution < -0.4 is 4.90 Å². The van der Waals surface area contributed by atoms with Crippen molar-refractivity contribution in [3.63, 3.8) is 0 Å². The van der Waals surface area contributed by atoms with E-state index in [1.807, 2.05) is 6.07 Å². The molecule has 1 rings (SSSR count). The molecule has 0 aliphatic heterocycles. The van der Waals surface area contributed by atoms with Gasteiger partial charge < -0.3 is 4.90 Å². The SMILES string of the molecule is CCCN(CC)c1cnnc(Cl)c1. The molecular weight excluding hydrogens is 186 g/mol. The first kappa shape index (κ1) is 10.3. The van der Waals surface area contributed by atoms with Crippen LogP contribution in [0.3, 0.4) is 0 Å². The highest BCUT2D eigenvalue weighted by Crippen LogP contribution is 2.15. The minimum Gasteiger partial charge on any atom is -0.370 e. The predicted octanol–water partition coefficient (Wildman–Crippen LogP) is 2.37. The molecular formula is C9H14ClN3. The van der Waals surface area contributed by atoms with E-state index in [4.69, 9.17) is 11.6 Å². The number of rotatable bonds is 4. The molecule has 1 heterocycles. The van der Waals surface area contributed by atoms with Gasteiger partial charge in [0.1, 0.15) is 0 Å². The fourth-order valence-corrected chi connectivity index (χ4v) is 1.40. The Labute approximate surface area is 83.7 Å². The molecule has 0 bridgehead atoms. The van der Waals surface area contributed by atoms with Crippen LogP contribution in [0.25, 0.3) is 0 Å². The van der Waals surface area contributed by atoms with Crippen molar-refractivity contribution >= 4 is 17.3 Å². The molecule has 13 heavy (non-hydrogen) atoms. The molecule has 0 saturated heterocycles. The van der Waals surface area contributed by atoms with E-state index in [1.165, 1.54) is 0 Å². The zero-order chi connectivity index (χ0) is 9.68. The standard InChI is InChI=1S/C9H14ClN3/c1-3-5-13(4-2)8-6-9(10)12-11-7-8/h6-7H,3-5H2,1-2H3. The second kappa shape index (κ2) is 5.02. The number of anilines is 1. The van der Waals surface area contributed by atoms with E-state index in [0.29, 0.717) is 5.15 Å². The van der Waals surface area contributed by atoms with Crippen molar-refractivity contribution in [2.75, 3.05) is 18.0 Å². The second-order valence-corrected chi connectivity index (χ2v) is 3.20. The van der Waals surface area contributed by atoms with Gasteiger partial charge in [0.2, 0.25) is 0 Å². The summed E-state index contributed by atoms with van der Waals surface area (Å²) in [6.45, 7) is 6.26. The van der Waals surface area contributed by atoms with Gasteiger partial charge in [-0.3, -0.25) is 0 Å². The van der Waals surface area contributed by atoms with E-state index in [0.717, 1.165) is 25.2 Å². The molecule has 0 radical (unpaired) electrons. The van der Waals surface area contributed by atoms with Gasteiger partial charge in [0.05, 0.1) is 11.9 Å². The van der Waals surface area contributed by atoms with E-state index >= 15 is 0 Å². The first-order valence-electron chi connectivity index (χ1n) is 4.51. The number of hydrogen-bond acceptors (Lipinski definition) is 3. The van der Waals surface area contributed by atoms with Gasteiger partial charge in [-0.05, 0) is 13.3 Å². The number of hydrogen-bond donors (Lipinski definition) is 0. The van der Waals surface area contributed by atoms with Crippen LogP contribution in [0.15, 0.2) is 12.3 Å². The molecule has 4 heteroatoms. The molecule has 0 aliphatic carbocycles. The van der Waals surface area contributed by atoms with Crippen molar-refractivity contribution in [2.45, 2.75) is 20.3 Å². The van der Waals surface area contributed by atoms with Crippen LogP contribution in [-0.2, 0) is 0 Å². The zero-order valence-electron chi connectivity index (χ0n) is 8.00. The predicted molar refractivity (Wildman–Crippen MR) is 55.2 cm³/mol. The smallest absolute Gasteiger partial charge is 0.153 e. The topological polar surface area (TPSA) is 29.0 Å². The lowest BCUT2D eigenvalue weighted by molar-refractivity contribution is 0.786. The van der Waals surface area contributed by atoms with Gasteiger partial charge in [-0.25, -0.2) is 0 Å². The maximum absolute atomic E-state index is 5.75. The third kappa shape index (κ3) is 2.84. The van der Waals surface area contributed by atoms with Crippen LogP contribution in [0.2, 0.25) is 5.15 Å². The van der Waals surface area contributed by atoms with Crippen molar-refractivity contribution in [3.05, 3.63) is 17.4 Å². The van der Waals surface area contributed by atoms with Crippen molar-refractivity contribution < 1.29 is 0 Å². The van der Waals surface area contributed by atoms with Crippen molar-refractivity contribution in [1.29, 1.82) is 0 Å². The van der Waals surface area contributed by atoms with Gasteiger partial charge in [-0.15, -0.1) is 5.10 Å². The number of aromatic nitrogens is 2. The van der Waals surface area contributed by atoms with E-state index in [9.17, 15) is 0 Å². The summed E-state index contributed by atoms with van der Waals surface area (Å²) in [5.74, 6) is 0. The molecule has 0 aromatic carbocycles. The quantitative estimate of drug-likeness (QED) is 0.746. The highest BCUT2D eigenvalue weighted by molar-refractivity contribution is 6.29. The Bertz CT molecular complexity index is 265. The Morgan fingerprint density at radius 1 is 1.46 bits per heavy atom. The Morgan fingerprint density at radius 3 is 2.77 bits per heavy atom. The van der Waals surface area contributed by atoms with Gasteiger partial charge in [-0.2, -0.15) is 5.10 Å². The van der Waals surface area contributed by atoms with Crippen LogP contribution in [0, 0.1) is 0 Å². The largest absolute Gasteiger partial charge is 0.370 e. The average Bonchev–Trinajstić information content (AvgIpc) is 2.14. The second-order valence-electron chi connectivity index (χ2n) is 2.82. The molecule has 0 N–H and O–H groups in total. The molecule has 72 valence electrons. The van der Waals surface area contributed by atoms with Gasteiger partial charge >= 0.3 is 0 Å². The lowest BCUT2D eigenvalue weighted by atomic mass is 10.3. The first-order valence-corrected chi connectivity index (χ1v) is 4.89. The van der Waals surface area contributed by atoms with E-state index in [1.54, 1.807) is 6.20 Å². The normalized spacial score (nSPS) is 10.1. The van der Waals surface area contributed by atoms with Gasteiger partial charge in [0.15, 0.2) is 5.15 Å². The number of nitrogens with zero attached hydrogens (tertiary/aromatic N) is 3. The summed E-state index contributed by atoms with van der Waals surface area (Å²) >= 11 is 5.75. The summed E-state index contributed by atoms with van der Waals surface area (Å²) in [6.07, 6.45) is 2.86. The molecule has 0 spiro atoms. The van der Waals surface area contributed by atoms with Crippen LogP contribution in [-0.4, -0.2) is 23.3 Å². The Morgan fingerprint density at radius 2 is 2.23 bits per heavy atom. The van der Waals surface area contributed by atoms with E-state index < -0.39 is 0 Å². The molecule has 0 aliphatic rings. The molecule has 0 fully saturated rings.